The average Bonchev–Trinajstić information content (AvgIpc) is 2.37. The molecule has 5 nitrogen and oxygen atoms in total. The van der Waals surface area contributed by atoms with Gasteiger partial charge in [-0.15, -0.1) is 0 Å². The van der Waals surface area contributed by atoms with E-state index in [1.54, 1.807) is 0 Å². The van der Waals surface area contributed by atoms with Crippen molar-refractivity contribution in [2.24, 2.45) is 5.73 Å². The standard InChI is InChI=1S/C14H22N2O3S2/c1-16(8-10-21(2,17)18)7-9-19-13-5-3-12(4-6-13)11-14(15)20/h3-6H,7-11H2,1-2H3,(H2,15,20). The third kappa shape index (κ3) is 8.64. The Morgan fingerprint density at radius 3 is 2.43 bits per heavy atom. The second-order valence-electron chi connectivity index (χ2n) is 5.07. The van der Waals surface area contributed by atoms with Crippen molar-refractivity contribution in [3.8, 4) is 5.75 Å². The molecule has 1 aromatic rings. The van der Waals surface area contributed by atoms with E-state index in [1.165, 1.54) is 6.26 Å². The number of nitrogens with two attached hydrogens (primary N) is 1. The lowest BCUT2D eigenvalue weighted by atomic mass is 10.1. The summed E-state index contributed by atoms with van der Waals surface area (Å²) in [5.74, 6) is 0.940. The van der Waals surface area contributed by atoms with Crippen LogP contribution in [0.3, 0.4) is 0 Å². The SMILES string of the molecule is CN(CCOc1ccc(CC(N)=S)cc1)CCS(C)(=O)=O. The molecule has 0 atom stereocenters. The molecular weight excluding hydrogens is 308 g/mol. The van der Waals surface area contributed by atoms with Gasteiger partial charge in [0, 0.05) is 25.8 Å². The van der Waals surface area contributed by atoms with Crippen LogP contribution in [0.4, 0.5) is 0 Å². The van der Waals surface area contributed by atoms with E-state index in [4.69, 9.17) is 22.7 Å². The topological polar surface area (TPSA) is 72.6 Å². The number of thiocarbonyl (C=S) groups is 1. The Morgan fingerprint density at radius 2 is 1.90 bits per heavy atom. The van der Waals surface area contributed by atoms with E-state index in [0.717, 1.165) is 11.3 Å². The second-order valence-corrected chi connectivity index (χ2v) is 7.85. The lowest BCUT2D eigenvalue weighted by molar-refractivity contribution is 0.244. The molecule has 0 fully saturated rings. The van der Waals surface area contributed by atoms with Gasteiger partial charge >= 0.3 is 0 Å². The molecule has 0 aliphatic heterocycles. The molecule has 0 aliphatic carbocycles. The predicted octanol–water partition coefficient (Wildman–Crippen LogP) is 0.870. The maximum atomic E-state index is 11.1. The van der Waals surface area contributed by atoms with Gasteiger partial charge in [-0.1, -0.05) is 24.4 Å². The van der Waals surface area contributed by atoms with Crippen molar-refractivity contribution in [1.82, 2.24) is 4.90 Å². The minimum Gasteiger partial charge on any atom is -0.492 e. The van der Waals surface area contributed by atoms with Gasteiger partial charge in [0.2, 0.25) is 0 Å². The van der Waals surface area contributed by atoms with E-state index in [1.807, 2.05) is 36.2 Å². The highest BCUT2D eigenvalue weighted by Crippen LogP contribution is 2.12. The third-order valence-corrected chi connectivity index (χ3v) is 3.96. The van der Waals surface area contributed by atoms with E-state index in [-0.39, 0.29) is 5.75 Å². The summed E-state index contributed by atoms with van der Waals surface area (Å²) in [5.41, 5.74) is 6.54. The fourth-order valence-electron chi connectivity index (χ4n) is 1.66. The third-order valence-electron chi connectivity index (χ3n) is 2.89. The first-order valence-corrected chi connectivity index (χ1v) is 9.09. The summed E-state index contributed by atoms with van der Waals surface area (Å²) in [4.78, 5) is 2.40. The summed E-state index contributed by atoms with van der Waals surface area (Å²) in [6, 6.07) is 7.62. The van der Waals surface area contributed by atoms with Gasteiger partial charge in [-0.25, -0.2) is 8.42 Å². The Balaban J connectivity index is 2.30. The van der Waals surface area contributed by atoms with Crippen molar-refractivity contribution >= 4 is 27.0 Å². The van der Waals surface area contributed by atoms with Gasteiger partial charge < -0.3 is 15.4 Å². The second kappa shape index (κ2) is 8.31. The molecule has 0 saturated heterocycles. The van der Waals surface area contributed by atoms with Gasteiger partial charge in [0.25, 0.3) is 0 Å². The number of nitrogens with zero attached hydrogens (tertiary/aromatic N) is 1. The van der Waals surface area contributed by atoms with Gasteiger partial charge in [0.05, 0.1) is 10.7 Å². The number of benzene rings is 1. The van der Waals surface area contributed by atoms with Gasteiger partial charge in [0.15, 0.2) is 0 Å². The molecule has 0 radical (unpaired) electrons. The number of likely N-dealkylation sites (N-methyl/N-ethyl adjacent to an activating group) is 1. The van der Waals surface area contributed by atoms with Gasteiger partial charge in [-0.2, -0.15) is 0 Å². The van der Waals surface area contributed by atoms with Crippen molar-refractivity contribution in [2.45, 2.75) is 6.42 Å². The monoisotopic (exact) mass is 330 g/mol. The first-order chi connectivity index (χ1) is 9.76. The first kappa shape index (κ1) is 17.9. The van der Waals surface area contributed by atoms with E-state index in [2.05, 4.69) is 0 Å². The molecule has 0 spiro atoms. The van der Waals surface area contributed by atoms with Crippen molar-refractivity contribution in [3.63, 3.8) is 0 Å². The van der Waals surface area contributed by atoms with Crippen LogP contribution < -0.4 is 10.5 Å². The fraction of sp³-hybridized carbons (Fsp3) is 0.500. The minimum absolute atomic E-state index is 0.164. The van der Waals surface area contributed by atoms with Crippen molar-refractivity contribution in [3.05, 3.63) is 29.8 Å². The zero-order valence-electron chi connectivity index (χ0n) is 12.4. The Hall–Kier alpha value is -1.18. The maximum absolute atomic E-state index is 11.1. The zero-order valence-corrected chi connectivity index (χ0v) is 14.0. The summed E-state index contributed by atoms with van der Waals surface area (Å²) in [6.07, 6.45) is 1.83. The van der Waals surface area contributed by atoms with E-state index in [0.29, 0.717) is 31.1 Å². The molecular formula is C14H22N2O3S2. The normalized spacial score (nSPS) is 11.6. The quantitative estimate of drug-likeness (QED) is 0.678. The molecule has 7 heteroatoms. The smallest absolute Gasteiger partial charge is 0.148 e. The molecule has 21 heavy (non-hydrogen) atoms. The Morgan fingerprint density at radius 1 is 1.29 bits per heavy atom. The summed E-state index contributed by atoms with van der Waals surface area (Å²) in [5, 5.41) is 0. The van der Waals surface area contributed by atoms with Crippen LogP contribution in [0.2, 0.25) is 0 Å². The number of hydrogen-bond acceptors (Lipinski definition) is 5. The van der Waals surface area contributed by atoms with Crippen LogP contribution in [0.5, 0.6) is 5.75 Å². The Bertz CT molecular complexity index is 556. The van der Waals surface area contributed by atoms with E-state index in [9.17, 15) is 8.42 Å². The van der Waals surface area contributed by atoms with Crippen LogP contribution in [0.15, 0.2) is 24.3 Å². The van der Waals surface area contributed by atoms with Crippen molar-refractivity contribution in [1.29, 1.82) is 0 Å². The maximum Gasteiger partial charge on any atom is 0.148 e. The molecule has 0 heterocycles. The highest BCUT2D eigenvalue weighted by atomic mass is 32.2. The number of rotatable bonds is 9. The molecule has 0 unspecified atom stereocenters. The molecule has 0 amide bonds. The lowest BCUT2D eigenvalue weighted by Crippen LogP contribution is -2.29. The van der Waals surface area contributed by atoms with Crippen LogP contribution in [-0.2, 0) is 16.3 Å². The zero-order chi connectivity index (χ0) is 15.9. The summed E-state index contributed by atoms with van der Waals surface area (Å²) in [7, 11) is -1.04. The average molecular weight is 330 g/mol. The molecule has 0 bridgehead atoms. The van der Waals surface area contributed by atoms with Crippen LogP contribution in [0, 0.1) is 0 Å². The molecule has 1 aromatic carbocycles. The van der Waals surface area contributed by atoms with Gasteiger partial charge in [0.1, 0.15) is 22.2 Å². The minimum atomic E-state index is -2.91. The number of sulfone groups is 1. The largest absolute Gasteiger partial charge is 0.492 e. The van der Waals surface area contributed by atoms with Crippen LogP contribution >= 0.6 is 12.2 Å². The van der Waals surface area contributed by atoms with E-state index >= 15 is 0 Å². The Kier molecular flexibility index (Phi) is 7.07. The van der Waals surface area contributed by atoms with Crippen LogP contribution in [0.1, 0.15) is 5.56 Å². The molecule has 1 rings (SSSR count). The van der Waals surface area contributed by atoms with Crippen molar-refractivity contribution in [2.75, 3.05) is 38.8 Å². The summed E-state index contributed by atoms with van der Waals surface area (Å²) < 4.78 is 27.7. The fourth-order valence-corrected chi connectivity index (χ4v) is 2.47. The molecule has 2 N–H and O–H groups in total. The van der Waals surface area contributed by atoms with Crippen LogP contribution in [-0.4, -0.2) is 57.1 Å². The van der Waals surface area contributed by atoms with Gasteiger partial charge in [-0.3, -0.25) is 0 Å². The number of hydrogen-bond donors (Lipinski definition) is 1. The van der Waals surface area contributed by atoms with Gasteiger partial charge in [-0.05, 0) is 24.7 Å². The highest BCUT2D eigenvalue weighted by molar-refractivity contribution is 7.90. The molecule has 0 aliphatic rings. The van der Waals surface area contributed by atoms with E-state index < -0.39 is 9.84 Å². The molecule has 118 valence electrons. The molecule has 0 saturated carbocycles. The molecule has 0 aromatic heterocycles. The predicted molar refractivity (Wildman–Crippen MR) is 89.6 cm³/mol. The lowest BCUT2D eigenvalue weighted by Gasteiger charge is -2.16. The number of ether oxygens (including phenoxy) is 1. The highest BCUT2D eigenvalue weighted by Gasteiger charge is 2.05. The van der Waals surface area contributed by atoms with Crippen LogP contribution in [0.25, 0.3) is 0 Å². The summed E-state index contributed by atoms with van der Waals surface area (Å²) >= 11 is 4.86. The Labute approximate surface area is 132 Å². The van der Waals surface area contributed by atoms with Crippen molar-refractivity contribution < 1.29 is 13.2 Å². The summed E-state index contributed by atoms with van der Waals surface area (Å²) in [6.45, 7) is 1.69. The first-order valence-electron chi connectivity index (χ1n) is 6.62.